The molecule has 0 radical (unpaired) electrons. The zero-order valence-corrected chi connectivity index (χ0v) is 13.0. The lowest BCUT2D eigenvalue weighted by atomic mass is 9.99. The van der Waals surface area contributed by atoms with Gasteiger partial charge in [0.2, 0.25) is 5.91 Å². The van der Waals surface area contributed by atoms with Crippen molar-refractivity contribution in [2.24, 2.45) is 0 Å². The Morgan fingerprint density at radius 2 is 1.81 bits per heavy atom. The number of carboxylic acid groups (broad SMARTS) is 1. The minimum Gasteiger partial charge on any atom is -0.481 e. The van der Waals surface area contributed by atoms with Crippen LogP contribution >= 0.6 is 0 Å². The molecule has 1 amide bonds. The molecule has 0 bridgehead atoms. The Morgan fingerprint density at radius 3 is 2.48 bits per heavy atom. The molecule has 0 aromatic carbocycles. The highest BCUT2D eigenvalue weighted by atomic mass is 16.4. The molecule has 2 aliphatic rings. The first-order chi connectivity index (χ1) is 10.1. The molecule has 2 heterocycles. The van der Waals surface area contributed by atoms with Crippen molar-refractivity contribution in [3.63, 3.8) is 0 Å². The van der Waals surface area contributed by atoms with Crippen LogP contribution in [0, 0.1) is 0 Å². The highest BCUT2D eigenvalue weighted by Crippen LogP contribution is 2.20. The van der Waals surface area contributed by atoms with E-state index in [0.717, 1.165) is 58.5 Å². The van der Waals surface area contributed by atoms with E-state index < -0.39 is 5.97 Å². The van der Waals surface area contributed by atoms with Gasteiger partial charge in [-0.15, -0.1) is 0 Å². The number of hydrogen-bond donors (Lipinski definition) is 1. The predicted octanol–water partition coefficient (Wildman–Crippen LogP) is 0.480. The van der Waals surface area contributed by atoms with Gasteiger partial charge in [-0.05, 0) is 26.3 Å². The monoisotopic (exact) mass is 297 g/mol. The van der Waals surface area contributed by atoms with Crippen molar-refractivity contribution in [3.8, 4) is 0 Å². The molecule has 0 aliphatic carbocycles. The third kappa shape index (κ3) is 4.97. The van der Waals surface area contributed by atoms with Crippen LogP contribution in [0.25, 0.3) is 0 Å². The predicted molar refractivity (Wildman–Crippen MR) is 80.2 cm³/mol. The Kier molecular flexibility index (Phi) is 5.99. The largest absolute Gasteiger partial charge is 0.481 e. The molecule has 2 aliphatic heterocycles. The fourth-order valence-electron chi connectivity index (χ4n) is 3.21. The second kappa shape index (κ2) is 7.75. The van der Waals surface area contributed by atoms with Gasteiger partial charge in [0.15, 0.2) is 0 Å². The van der Waals surface area contributed by atoms with Crippen molar-refractivity contribution in [1.82, 2.24) is 14.7 Å². The van der Waals surface area contributed by atoms with Crippen LogP contribution in [0.4, 0.5) is 0 Å². The molecular formula is C15H27N3O3. The lowest BCUT2D eigenvalue weighted by molar-refractivity contribution is -0.142. The summed E-state index contributed by atoms with van der Waals surface area (Å²) in [5.41, 5.74) is 0. The van der Waals surface area contributed by atoms with Crippen molar-refractivity contribution < 1.29 is 14.7 Å². The first-order valence-electron chi connectivity index (χ1n) is 7.98. The average molecular weight is 297 g/mol. The van der Waals surface area contributed by atoms with Crippen LogP contribution in [0.15, 0.2) is 0 Å². The minimum absolute atomic E-state index is 0.0836. The van der Waals surface area contributed by atoms with Crippen LogP contribution in [0.1, 0.15) is 32.1 Å². The molecule has 2 rings (SSSR count). The van der Waals surface area contributed by atoms with E-state index in [4.69, 9.17) is 5.11 Å². The van der Waals surface area contributed by atoms with Crippen molar-refractivity contribution >= 4 is 11.9 Å². The van der Waals surface area contributed by atoms with Gasteiger partial charge in [-0.2, -0.15) is 0 Å². The van der Waals surface area contributed by atoms with Gasteiger partial charge in [0, 0.05) is 51.7 Å². The number of carbonyl (C=O) groups is 2. The van der Waals surface area contributed by atoms with E-state index in [2.05, 4.69) is 16.8 Å². The zero-order chi connectivity index (χ0) is 15.2. The maximum Gasteiger partial charge on any atom is 0.305 e. The molecule has 0 unspecified atom stereocenters. The molecule has 6 nitrogen and oxygen atoms in total. The maximum absolute atomic E-state index is 12.4. The van der Waals surface area contributed by atoms with E-state index in [1.54, 1.807) is 0 Å². The summed E-state index contributed by atoms with van der Waals surface area (Å²) in [5, 5.41) is 8.97. The maximum atomic E-state index is 12.4. The summed E-state index contributed by atoms with van der Waals surface area (Å²) < 4.78 is 0. The number of nitrogens with zero attached hydrogens (tertiary/aromatic N) is 3. The highest BCUT2D eigenvalue weighted by Gasteiger charge is 2.28. The third-order valence-electron chi connectivity index (χ3n) is 4.60. The normalized spacial score (nSPS) is 25.0. The fraction of sp³-hybridized carbons (Fsp3) is 0.867. The third-order valence-corrected chi connectivity index (χ3v) is 4.60. The molecule has 120 valence electrons. The van der Waals surface area contributed by atoms with Crippen molar-refractivity contribution in [1.29, 1.82) is 0 Å². The number of aliphatic carboxylic acids is 1. The summed E-state index contributed by atoms with van der Waals surface area (Å²) >= 11 is 0. The number of piperidine rings is 1. The lowest BCUT2D eigenvalue weighted by Gasteiger charge is -2.36. The molecule has 1 atom stereocenters. The van der Waals surface area contributed by atoms with Crippen LogP contribution in [-0.2, 0) is 9.59 Å². The standard InChI is InChI=1S/C15H27N3O3/c1-16-8-10-17(11-9-16)7-5-14(19)18-6-3-2-4-13(18)12-15(20)21/h13H,2-12H2,1H3,(H,20,21)/t13-/m1/s1. The van der Waals surface area contributed by atoms with Gasteiger partial charge in [-0.25, -0.2) is 0 Å². The summed E-state index contributed by atoms with van der Waals surface area (Å²) in [6.45, 7) is 5.66. The molecule has 0 aromatic heterocycles. The Labute approximate surface area is 126 Å². The van der Waals surface area contributed by atoms with Gasteiger partial charge in [-0.1, -0.05) is 0 Å². The minimum atomic E-state index is -0.807. The van der Waals surface area contributed by atoms with Crippen molar-refractivity contribution in [2.45, 2.75) is 38.1 Å². The molecule has 0 aromatic rings. The number of hydrogen-bond acceptors (Lipinski definition) is 4. The molecule has 2 saturated heterocycles. The van der Waals surface area contributed by atoms with Gasteiger partial charge in [-0.3, -0.25) is 9.59 Å². The number of amides is 1. The Balaban J connectivity index is 1.79. The second-order valence-corrected chi connectivity index (χ2v) is 6.23. The quantitative estimate of drug-likeness (QED) is 0.799. The number of likely N-dealkylation sites (tertiary alicyclic amines) is 1. The Hall–Kier alpha value is -1.14. The van der Waals surface area contributed by atoms with Crippen molar-refractivity contribution in [3.05, 3.63) is 0 Å². The van der Waals surface area contributed by atoms with E-state index in [0.29, 0.717) is 6.42 Å². The van der Waals surface area contributed by atoms with E-state index in [9.17, 15) is 9.59 Å². The highest BCUT2D eigenvalue weighted by molar-refractivity contribution is 5.78. The molecule has 1 N–H and O–H groups in total. The molecular weight excluding hydrogens is 270 g/mol. The van der Waals surface area contributed by atoms with Crippen LogP contribution in [-0.4, -0.2) is 84.0 Å². The van der Waals surface area contributed by atoms with Crippen LogP contribution in [0.2, 0.25) is 0 Å². The van der Waals surface area contributed by atoms with E-state index in [1.165, 1.54) is 0 Å². The lowest BCUT2D eigenvalue weighted by Crippen LogP contribution is -2.48. The number of likely N-dealkylation sites (N-methyl/N-ethyl adjacent to an activating group) is 1. The molecule has 21 heavy (non-hydrogen) atoms. The van der Waals surface area contributed by atoms with Gasteiger partial charge in [0.05, 0.1) is 6.42 Å². The fourth-order valence-corrected chi connectivity index (χ4v) is 3.21. The SMILES string of the molecule is CN1CCN(CCC(=O)N2CCCC[C@@H]2CC(=O)O)CC1. The number of carbonyl (C=O) groups excluding carboxylic acids is 1. The first-order valence-corrected chi connectivity index (χ1v) is 7.98. The molecule has 2 fully saturated rings. The van der Waals surface area contributed by atoms with Crippen LogP contribution in [0.5, 0.6) is 0 Å². The summed E-state index contributed by atoms with van der Waals surface area (Å²) in [6.07, 6.45) is 3.45. The van der Waals surface area contributed by atoms with E-state index in [1.807, 2.05) is 4.90 Å². The summed E-state index contributed by atoms with van der Waals surface area (Å²) in [6, 6.07) is -0.101. The van der Waals surface area contributed by atoms with Gasteiger partial charge in [0.25, 0.3) is 0 Å². The smallest absolute Gasteiger partial charge is 0.305 e. The first kappa shape index (κ1) is 16.2. The van der Waals surface area contributed by atoms with E-state index in [-0.39, 0.29) is 18.4 Å². The topological polar surface area (TPSA) is 64.1 Å². The van der Waals surface area contributed by atoms with E-state index >= 15 is 0 Å². The summed E-state index contributed by atoms with van der Waals surface area (Å²) in [5.74, 6) is -0.682. The number of carboxylic acids is 1. The Morgan fingerprint density at radius 1 is 1.10 bits per heavy atom. The molecule has 0 spiro atoms. The van der Waals surface area contributed by atoms with Gasteiger partial charge >= 0.3 is 5.97 Å². The van der Waals surface area contributed by atoms with Crippen LogP contribution < -0.4 is 0 Å². The zero-order valence-electron chi connectivity index (χ0n) is 13.0. The average Bonchev–Trinajstić information content (AvgIpc) is 2.46. The molecule has 6 heteroatoms. The van der Waals surface area contributed by atoms with Gasteiger partial charge in [0.1, 0.15) is 0 Å². The van der Waals surface area contributed by atoms with Crippen LogP contribution in [0.3, 0.4) is 0 Å². The number of piperazine rings is 1. The number of rotatable bonds is 5. The second-order valence-electron chi connectivity index (χ2n) is 6.23. The van der Waals surface area contributed by atoms with Crippen molar-refractivity contribution in [2.75, 3.05) is 46.3 Å². The summed E-state index contributed by atoms with van der Waals surface area (Å²) in [7, 11) is 2.12. The Bertz CT molecular complexity index is 367. The van der Waals surface area contributed by atoms with Gasteiger partial charge < -0.3 is 19.8 Å². The summed E-state index contributed by atoms with van der Waals surface area (Å²) in [4.78, 5) is 29.8. The molecule has 0 saturated carbocycles.